The third kappa shape index (κ3) is 3.97. The largest absolute Gasteiger partial charge is 0.314 e. The first-order valence-electron chi connectivity index (χ1n) is 8.41. The number of piperidine rings is 1. The molecule has 3 fully saturated rings. The van der Waals surface area contributed by atoms with Crippen LogP contribution in [-0.2, 0) is 10.2 Å². The molecule has 0 aromatic rings. The molecule has 0 radical (unpaired) electrons. The molecule has 2 unspecified atom stereocenters. The van der Waals surface area contributed by atoms with Crippen LogP contribution in [0.4, 0.5) is 0 Å². The second-order valence-electron chi connectivity index (χ2n) is 7.29. The van der Waals surface area contributed by atoms with Gasteiger partial charge in [-0.25, -0.2) is 0 Å². The van der Waals surface area contributed by atoms with Crippen molar-refractivity contribution < 1.29 is 8.42 Å². The van der Waals surface area contributed by atoms with E-state index in [1.54, 1.807) is 15.7 Å². The minimum absolute atomic E-state index is 0.574. The van der Waals surface area contributed by atoms with Crippen molar-refractivity contribution in [2.24, 2.45) is 17.8 Å². The van der Waals surface area contributed by atoms with Crippen molar-refractivity contribution in [3.8, 4) is 0 Å². The zero-order chi connectivity index (χ0) is 15.0. The molecule has 3 rings (SSSR count). The quantitative estimate of drug-likeness (QED) is 0.770. The monoisotopic (exact) mass is 315 g/mol. The highest BCUT2D eigenvalue weighted by molar-refractivity contribution is 7.86. The second kappa shape index (κ2) is 6.14. The van der Waals surface area contributed by atoms with Gasteiger partial charge >= 0.3 is 0 Å². The van der Waals surface area contributed by atoms with Gasteiger partial charge in [-0.15, -0.1) is 0 Å². The number of hydrogen-bond acceptors (Lipinski definition) is 3. The third-order valence-corrected chi connectivity index (χ3v) is 7.29. The van der Waals surface area contributed by atoms with Gasteiger partial charge in [0.05, 0.1) is 0 Å². The van der Waals surface area contributed by atoms with Gasteiger partial charge in [-0.2, -0.15) is 17.0 Å². The summed E-state index contributed by atoms with van der Waals surface area (Å²) in [5, 5.41) is 3.56. The maximum atomic E-state index is 12.6. The highest BCUT2D eigenvalue weighted by atomic mass is 32.2. The fourth-order valence-corrected chi connectivity index (χ4v) is 4.69. The summed E-state index contributed by atoms with van der Waals surface area (Å²) in [6.07, 6.45) is 5.79. The predicted octanol–water partition coefficient (Wildman–Crippen LogP) is 1.28. The molecular formula is C15H29N3O2S. The third-order valence-electron chi connectivity index (χ3n) is 5.33. The number of nitrogens with one attached hydrogen (secondary N) is 1. The fraction of sp³-hybridized carbons (Fsp3) is 1.00. The van der Waals surface area contributed by atoms with Crippen LogP contribution in [0.2, 0.25) is 0 Å². The van der Waals surface area contributed by atoms with Crippen molar-refractivity contribution in [3.05, 3.63) is 0 Å². The van der Waals surface area contributed by atoms with Gasteiger partial charge in [0, 0.05) is 32.7 Å². The molecule has 3 aliphatic rings. The first-order chi connectivity index (χ1) is 9.96. The molecular weight excluding hydrogens is 286 g/mol. The Balaban J connectivity index is 1.45. The summed E-state index contributed by atoms with van der Waals surface area (Å²) < 4.78 is 28.4. The molecule has 2 atom stereocenters. The molecule has 122 valence electrons. The Labute approximate surface area is 129 Å². The number of nitrogens with zero attached hydrogens (tertiary/aromatic N) is 2. The van der Waals surface area contributed by atoms with Crippen molar-refractivity contribution in [2.75, 3.05) is 33.2 Å². The zero-order valence-corrected chi connectivity index (χ0v) is 14.1. The summed E-state index contributed by atoms with van der Waals surface area (Å²) in [6, 6.07) is 0.749. The average molecular weight is 315 g/mol. The Kier molecular flexibility index (Phi) is 4.60. The van der Waals surface area contributed by atoms with Gasteiger partial charge < -0.3 is 5.32 Å². The number of rotatable bonds is 7. The van der Waals surface area contributed by atoms with E-state index in [1.165, 1.54) is 19.3 Å². The van der Waals surface area contributed by atoms with Crippen LogP contribution in [0, 0.1) is 17.8 Å². The fourth-order valence-electron chi connectivity index (χ4n) is 3.24. The van der Waals surface area contributed by atoms with E-state index < -0.39 is 10.2 Å². The van der Waals surface area contributed by atoms with Gasteiger partial charge in [0.25, 0.3) is 10.2 Å². The van der Waals surface area contributed by atoms with Gasteiger partial charge in [-0.1, -0.05) is 6.92 Å². The molecule has 0 spiro atoms. The van der Waals surface area contributed by atoms with E-state index in [0.717, 1.165) is 25.4 Å². The summed E-state index contributed by atoms with van der Waals surface area (Å²) in [4.78, 5) is 0. The van der Waals surface area contributed by atoms with Crippen molar-refractivity contribution in [1.29, 1.82) is 0 Å². The van der Waals surface area contributed by atoms with E-state index >= 15 is 0 Å². The van der Waals surface area contributed by atoms with E-state index in [1.807, 2.05) is 0 Å². The van der Waals surface area contributed by atoms with Gasteiger partial charge in [-0.3, -0.25) is 0 Å². The van der Waals surface area contributed by atoms with Crippen LogP contribution in [-0.4, -0.2) is 56.3 Å². The highest BCUT2D eigenvalue weighted by Crippen LogP contribution is 2.38. The van der Waals surface area contributed by atoms with Crippen LogP contribution in [0.5, 0.6) is 0 Å². The standard InChI is InChI=1S/C15H29N3O2S/c1-12-9-14(12)11-17(2)21(19,20)18-7-5-13(6-8-18)10-16-15-3-4-15/h12-16H,3-11H2,1-2H3. The van der Waals surface area contributed by atoms with Crippen LogP contribution in [0.3, 0.4) is 0 Å². The van der Waals surface area contributed by atoms with E-state index in [9.17, 15) is 8.42 Å². The lowest BCUT2D eigenvalue weighted by atomic mass is 9.98. The first-order valence-corrected chi connectivity index (χ1v) is 9.81. The molecule has 1 N–H and O–H groups in total. The molecule has 1 heterocycles. The zero-order valence-electron chi connectivity index (χ0n) is 13.3. The normalized spacial score (nSPS) is 31.8. The molecule has 1 saturated heterocycles. The van der Waals surface area contributed by atoms with Gasteiger partial charge in [0.15, 0.2) is 0 Å². The molecule has 0 aromatic heterocycles. The Morgan fingerprint density at radius 3 is 2.33 bits per heavy atom. The first kappa shape index (κ1) is 15.7. The summed E-state index contributed by atoms with van der Waals surface area (Å²) in [5.74, 6) is 1.91. The molecule has 5 nitrogen and oxygen atoms in total. The van der Waals surface area contributed by atoms with Gasteiger partial charge in [0.2, 0.25) is 0 Å². The topological polar surface area (TPSA) is 52.7 Å². The maximum absolute atomic E-state index is 12.6. The van der Waals surface area contributed by atoms with Crippen molar-refractivity contribution in [1.82, 2.24) is 13.9 Å². The number of hydrogen-bond donors (Lipinski definition) is 1. The SMILES string of the molecule is CC1CC1CN(C)S(=O)(=O)N1CCC(CNC2CC2)CC1. The van der Waals surface area contributed by atoms with Crippen molar-refractivity contribution in [2.45, 2.75) is 45.1 Å². The highest BCUT2D eigenvalue weighted by Gasteiger charge is 2.38. The van der Waals surface area contributed by atoms with Crippen LogP contribution in [0.15, 0.2) is 0 Å². The van der Waals surface area contributed by atoms with E-state index in [-0.39, 0.29) is 0 Å². The van der Waals surface area contributed by atoms with Crippen LogP contribution >= 0.6 is 0 Å². The van der Waals surface area contributed by atoms with Crippen LogP contribution in [0.1, 0.15) is 39.0 Å². The van der Waals surface area contributed by atoms with Gasteiger partial charge in [0.1, 0.15) is 0 Å². The lowest BCUT2D eigenvalue weighted by Gasteiger charge is -2.34. The molecule has 0 amide bonds. The minimum Gasteiger partial charge on any atom is -0.314 e. The van der Waals surface area contributed by atoms with Crippen LogP contribution in [0.25, 0.3) is 0 Å². The van der Waals surface area contributed by atoms with Gasteiger partial charge in [-0.05, 0) is 56.4 Å². The summed E-state index contributed by atoms with van der Waals surface area (Å²) in [6.45, 7) is 5.32. The van der Waals surface area contributed by atoms with Crippen molar-refractivity contribution >= 4 is 10.2 Å². The lowest BCUT2D eigenvalue weighted by molar-refractivity contribution is 0.252. The molecule has 21 heavy (non-hydrogen) atoms. The van der Waals surface area contributed by atoms with Crippen molar-refractivity contribution in [3.63, 3.8) is 0 Å². The Morgan fingerprint density at radius 1 is 1.19 bits per heavy atom. The average Bonchev–Trinajstić information content (AvgIpc) is 3.37. The molecule has 2 saturated carbocycles. The molecule has 0 bridgehead atoms. The molecule has 6 heteroatoms. The summed E-state index contributed by atoms with van der Waals surface area (Å²) in [7, 11) is -1.50. The minimum atomic E-state index is -3.24. The predicted molar refractivity (Wildman–Crippen MR) is 84.1 cm³/mol. The molecule has 2 aliphatic carbocycles. The summed E-state index contributed by atoms with van der Waals surface area (Å²) >= 11 is 0. The summed E-state index contributed by atoms with van der Waals surface area (Å²) in [5.41, 5.74) is 0. The smallest absolute Gasteiger partial charge is 0.281 e. The Hall–Kier alpha value is -0.170. The van der Waals surface area contributed by atoms with E-state index in [4.69, 9.17) is 0 Å². The Bertz CT molecular complexity index is 456. The van der Waals surface area contributed by atoms with E-state index in [2.05, 4.69) is 12.2 Å². The molecule has 1 aliphatic heterocycles. The van der Waals surface area contributed by atoms with E-state index in [0.29, 0.717) is 37.4 Å². The van der Waals surface area contributed by atoms with Crippen LogP contribution < -0.4 is 5.32 Å². The lowest BCUT2D eigenvalue weighted by Crippen LogP contribution is -2.47. The Morgan fingerprint density at radius 2 is 1.81 bits per heavy atom. The second-order valence-corrected chi connectivity index (χ2v) is 9.32. The molecule has 0 aromatic carbocycles. The maximum Gasteiger partial charge on any atom is 0.281 e.